The lowest BCUT2D eigenvalue weighted by Gasteiger charge is -2.41. The van der Waals surface area contributed by atoms with E-state index in [1.165, 1.54) is 128 Å². The maximum atomic E-state index is 12.9. The summed E-state index contributed by atoms with van der Waals surface area (Å²) in [5.74, 6) is -0.409. The molecule has 1 aliphatic heterocycles. The second kappa shape index (κ2) is 41.0. The summed E-state index contributed by atoms with van der Waals surface area (Å²) in [7, 11) is -5.06. The third-order valence-corrected chi connectivity index (χ3v) is 12.0. The fraction of sp³-hybridized carbons (Fsp3) is 0.898. The second-order valence-electron chi connectivity index (χ2n) is 17.4. The van der Waals surface area contributed by atoms with Crippen molar-refractivity contribution in [1.82, 2.24) is 0 Å². The van der Waals surface area contributed by atoms with Crippen LogP contribution in [-0.4, -0.2) is 97.5 Å². The molecular weight excluding hydrogens is 813 g/mol. The first-order valence-corrected chi connectivity index (χ1v) is 26.5. The van der Waals surface area contributed by atoms with E-state index in [-0.39, 0.29) is 19.6 Å². The van der Waals surface area contributed by atoms with Crippen molar-refractivity contribution in [3.8, 4) is 0 Å². The zero-order valence-corrected chi connectivity index (χ0v) is 40.0. The molecule has 0 bridgehead atoms. The van der Waals surface area contributed by atoms with Crippen LogP contribution in [0.1, 0.15) is 219 Å². The number of carbonyl (C=O) groups is 1. The van der Waals surface area contributed by atoms with Gasteiger partial charge < -0.3 is 34.3 Å². The Kier molecular flexibility index (Phi) is 38.8. The number of esters is 1. The molecule has 6 atom stereocenters. The van der Waals surface area contributed by atoms with Crippen LogP contribution in [-0.2, 0) is 38.3 Å². The van der Waals surface area contributed by atoms with Crippen LogP contribution in [0, 0.1) is 0 Å². The SMILES string of the molecule is CCCCC/C=C\C/C=C\CCCCCCCC(=O)OC(COCCCCCCCCCCCCCCCCCCCCCC)COC1OC(CO)C(O)C(OS(=O)(=O)O)C1O. The van der Waals surface area contributed by atoms with Gasteiger partial charge in [-0.15, -0.1) is 0 Å². The van der Waals surface area contributed by atoms with Crippen LogP contribution in [0.4, 0.5) is 0 Å². The number of hydrogen-bond acceptors (Lipinski definition) is 11. The maximum Gasteiger partial charge on any atom is 0.397 e. The summed E-state index contributed by atoms with van der Waals surface area (Å²) >= 11 is 0. The molecular formula is C49H92O12S. The van der Waals surface area contributed by atoms with Crippen LogP contribution in [0.2, 0.25) is 0 Å². The molecule has 6 unspecified atom stereocenters. The molecule has 1 saturated heterocycles. The van der Waals surface area contributed by atoms with Crippen molar-refractivity contribution in [1.29, 1.82) is 0 Å². The highest BCUT2D eigenvalue weighted by Gasteiger charge is 2.48. The molecule has 0 aromatic heterocycles. The normalized spacial score (nSPS) is 20.1. The third-order valence-electron chi connectivity index (χ3n) is 11.6. The number of aliphatic hydroxyl groups is 3. The van der Waals surface area contributed by atoms with Gasteiger partial charge in [-0.05, 0) is 44.9 Å². The first-order chi connectivity index (χ1) is 30.1. The van der Waals surface area contributed by atoms with Gasteiger partial charge in [-0.2, -0.15) is 8.42 Å². The zero-order valence-electron chi connectivity index (χ0n) is 39.2. The van der Waals surface area contributed by atoms with Crippen LogP contribution >= 0.6 is 0 Å². The van der Waals surface area contributed by atoms with Gasteiger partial charge in [0, 0.05) is 13.0 Å². The van der Waals surface area contributed by atoms with E-state index in [0.29, 0.717) is 13.0 Å². The monoisotopic (exact) mass is 905 g/mol. The van der Waals surface area contributed by atoms with Gasteiger partial charge in [0.2, 0.25) is 0 Å². The van der Waals surface area contributed by atoms with Gasteiger partial charge in [-0.25, -0.2) is 4.18 Å². The number of unbranched alkanes of at least 4 members (excludes halogenated alkanes) is 27. The summed E-state index contributed by atoms with van der Waals surface area (Å²) in [5.41, 5.74) is 0. The average Bonchev–Trinajstić information content (AvgIpc) is 3.24. The summed E-state index contributed by atoms with van der Waals surface area (Å²) in [6, 6.07) is 0. The van der Waals surface area contributed by atoms with Crippen molar-refractivity contribution >= 4 is 16.4 Å². The molecule has 0 aromatic carbocycles. The van der Waals surface area contributed by atoms with Gasteiger partial charge in [0.1, 0.15) is 30.5 Å². The van der Waals surface area contributed by atoms with Crippen LogP contribution in [0.15, 0.2) is 24.3 Å². The quantitative estimate of drug-likeness (QED) is 0.0197. The van der Waals surface area contributed by atoms with Crippen LogP contribution < -0.4 is 0 Å². The Morgan fingerprint density at radius 2 is 1.06 bits per heavy atom. The van der Waals surface area contributed by atoms with Gasteiger partial charge in [-0.3, -0.25) is 9.35 Å². The summed E-state index contributed by atoms with van der Waals surface area (Å²) in [6.45, 7) is 3.98. The van der Waals surface area contributed by atoms with Crippen molar-refractivity contribution in [2.45, 2.75) is 256 Å². The zero-order chi connectivity index (χ0) is 45.4. The highest BCUT2D eigenvalue weighted by molar-refractivity contribution is 7.80. The van der Waals surface area contributed by atoms with E-state index >= 15 is 0 Å². The van der Waals surface area contributed by atoms with E-state index in [2.05, 4.69) is 42.3 Å². The highest BCUT2D eigenvalue weighted by Crippen LogP contribution is 2.26. The van der Waals surface area contributed by atoms with Gasteiger partial charge in [0.25, 0.3) is 0 Å². The van der Waals surface area contributed by atoms with E-state index in [1.54, 1.807) is 0 Å². The molecule has 0 aromatic rings. The summed E-state index contributed by atoms with van der Waals surface area (Å²) < 4.78 is 59.2. The lowest BCUT2D eigenvalue weighted by atomic mass is 9.99. The van der Waals surface area contributed by atoms with E-state index < -0.39 is 59.8 Å². The third kappa shape index (κ3) is 34.0. The summed E-state index contributed by atoms with van der Waals surface area (Å²) in [5, 5.41) is 30.7. The number of rotatable bonds is 44. The molecule has 0 saturated carbocycles. The minimum Gasteiger partial charge on any atom is -0.457 e. The Morgan fingerprint density at radius 3 is 1.56 bits per heavy atom. The molecule has 1 heterocycles. The number of aliphatic hydroxyl groups excluding tert-OH is 3. The summed E-state index contributed by atoms with van der Waals surface area (Å²) in [6.07, 6.45) is 37.8. The Hall–Kier alpha value is -1.42. The maximum absolute atomic E-state index is 12.9. The van der Waals surface area contributed by atoms with E-state index in [4.69, 9.17) is 18.9 Å². The minimum atomic E-state index is -5.06. The fourth-order valence-corrected chi connectivity index (χ4v) is 8.27. The predicted molar refractivity (Wildman–Crippen MR) is 248 cm³/mol. The Labute approximate surface area is 378 Å². The van der Waals surface area contributed by atoms with Crippen molar-refractivity contribution in [2.75, 3.05) is 26.4 Å². The molecule has 4 N–H and O–H groups in total. The Balaban J connectivity index is 2.36. The van der Waals surface area contributed by atoms with E-state index in [0.717, 1.165) is 64.2 Å². The van der Waals surface area contributed by atoms with Crippen LogP contribution in [0.5, 0.6) is 0 Å². The predicted octanol–water partition coefficient (Wildman–Crippen LogP) is 11.2. The number of carbonyl (C=O) groups excluding carboxylic acids is 1. The molecule has 1 aliphatic rings. The largest absolute Gasteiger partial charge is 0.457 e. The number of hydrogen-bond donors (Lipinski definition) is 4. The number of allylic oxidation sites excluding steroid dienone is 4. The van der Waals surface area contributed by atoms with Crippen molar-refractivity contribution in [2.24, 2.45) is 0 Å². The molecule has 1 fully saturated rings. The standard InChI is InChI=1S/C49H92O12S/c1-3-5-7-9-11-13-15-17-19-20-21-22-23-25-27-29-31-33-35-37-39-57-41-43(42-58-49-47(53)48(61-62(54,55)56)46(52)44(40-50)60-49)59-45(51)38-36-34-32-30-28-26-24-18-16-14-12-10-8-6-4-2/h12,14,18,24,43-44,46-50,52-53H,3-11,13,15-17,19-23,25-42H2,1-2H3,(H,54,55,56)/b14-12-,24-18-. The lowest BCUT2D eigenvalue weighted by molar-refractivity contribution is -0.301. The van der Waals surface area contributed by atoms with Crippen molar-refractivity contribution in [3.63, 3.8) is 0 Å². The van der Waals surface area contributed by atoms with Crippen LogP contribution in [0.3, 0.4) is 0 Å². The molecule has 13 heteroatoms. The fourth-order valence-electron chi connectivity index (χ4n) is 7.76. The molecule has 12 nitrogen and oxygen atoms in total. The highest BCUT2D eigenvalue weighted by atomic mass is 32.3. The van der Waals surface area contributed by atoms with Crippen LogP contribution in [0.25, 0.3) is 0 Å². The molecule has 62 heavy (non-hydrogen) atoms. The van der Waals surface area contributed by atoms with Gasteiger partial charge in [-0.1, -0.05) is 192 Å². The van der Waals surface area contributed by atoms with Crippen molar-refractivity contribution < 1.29 is 56.2 Å². The molecule has 366 valence electrons. The second-order valence-corrected chi connectivity index (χ2v) is 18.5. The first kappa shape index (κ1) is 58.6. The van der Waals surface area contributed by atoms with Gasteiger partial charge >= 0.3 is 16.4 Å². The van der Waals surface area contributed by atoms with Crippen molar-refractivity contribution in [3.05, 3.63) is 24.3 Å². The molecule has 1 rings (SSSR count). The molecule has 0 aliphatic carbocycles. The Morgan fingerprint density at radius 1 is 0.613 bits per heavy atom. The first-order valence-electron chi connectivity index (χ1n) is 25.1. The van der Waals surface area contributed by atoms with Gasteiger partial charge in [0.15, 0.2) is 6.29 Å². The average molecular weight is 905 g/mol. The molecule has 0 amide bonds. The van der Waals surface area contributed by atoms with E-state index in [1.807, 2.05) is 0 Å². The van der Waals surface area contributed by atoms with Gasteiger partial charge in [0.05, 0.1) is 19.8 Å². The number of ether oxygens (including phenoxy) is 4. The smallest absolute Gasteiger partial charge is 0.397 e. The summed E-state index contributed by atoms with van der Waals surface area (Å²) in [4.78, 5) is 12.9. The molecule has 0 spiro atoms. The molecule has 0 radical (unpaired) electrons. The topological polar surface area (TPSA) is 178 Å². The lowest BCUT2D eigenvalue weighted by Crippen LogP contribution is -2.60. The Bertz CT molecular complexity index is 1180. The minimum absolute atomic E-state index is 0.0346. The van der Waals surface area contributed by atoms with E-state index in [9.17, 15) is 33.1 Å².